The molecule has 1 atom stereocenters. The van der Waals surface area contributed by atoms with Crippen LogP contribution in [0.1, 0.15) is 34.6 Å². The summed E-state index contributed by atoms with van der Waals surface area (Å²) in [6.45, 7) is 2.07. The Kier molecular flexibility index (Phi) is 5.19. The second-order valence-corrected chi connectivity index (χ2v) is 9.27. The SMILES string of the molecule is CCc1ccc2nc(N3C(=O)C(O)=C(C(=O)c4ccco4)[C@@H]3c3ccc(Br)cc3)sc2c1. The highest BCUT2D eigenvalue weighted by Gasteiger charge is 2.46. The number of aliphatic hydroxyl groups is 1. The second-order valence-electron chi connectivity index (χ2n) is 7.35. The number of carbonyl (C=O) groups is 2. The fourth-order valence-corrected chi connectivity index (χ4v) is 5.14. The van der Waals surface area contributed by atoms with Crippen molar-refractivity contribution in [3.8, 4) is 0 Å². The largest absolute Gasteiger partial charge is 0.503 e. The average molecular weight is 509 g/mol. The summed E-state index contributed by atoms with van der Waals surface area (Å²) in [7, 11) is 0. The first-order valence-electron chi connectivity index (χ1n) is 9.97. The van der Waals surface area contributed by atoms with Gasteiger partial charge in [0.1, 0.15) is 0 Å². The second kappa shape index (κ2) is 8.03. The lowest BCUT2D eigenvalue weighted by atomic mass is 9.95. The molecule has 1 aliphatic rings. The summed E-state index contributed by atoms with van der Waals surface area (Å²) in [6.07, 6.45) is 2.27. The number of thiazole rings is 1. The van der Waals surface area contributed by atoms with E-state index >= 15 is 0 Å². The predicted molar refractivity (Wildman–Crippen MR) is 126 cm³/mol. The van der Waals surface area contributed by atoms with Gasteiger partial charge in [-0.15, -0.1) is 0 Å². The summed E-state index contributed by atoms with van der Waals surface area (Å²) in [5.41, 5.74) is 2.57. The highest BCUT2D eigenvalue weighted by Crippen LogP contribution is 2.44. The van der Waals surface area contributed by atoms with E-state index in [1.165, 1.54) is 34.1 Å². The summed E-state index contributed by atoms with van der Waals surface area (Å²) >= 11 is 4.77. The van der Waals surface area contributed by atoms with E-state index in [-0.39, 0.29) is 11.3 Å². The molecule has 0 aliphatic carbocycles. The molecule has 8 heteroatoms. The van der Waals surface area contributed by atoms with Crippen molar-refractivity contribution >= 4 is 54.3 Å². The van der Waals surface area contributed by atoms with Crippen LogP contribution in [0.4, 0.5) is 5.13 Å². The Morgan fingerprint density at radius 2 is 2.00 bits per heavy atom. The van der Waals surface area contributed by atoms with E-state index in [0.717, 1.165) is 21.1 Å². The van der Waals surface area contributed by atoms with E-state index in [9.17, 15) is 14.7 Å². The summed E-state index contributed by atoms with van der Waals surface area (Å²) in [5, 5.41) is 11.2. The van der Waals surface area contributed by atoms with Crippen molar-refractivity contribution in [1.29, 1.82) is 0 Å². The van der Waals surface area contributed by atoms with E-state index in [1.54, 1.807) is 6.07 Å². The number of amides is 1. The molecule has 1 amide bonds. The number of aliphatic hydroxyl groups excluding tert-OH is 1. The number of hydrogen-bond donors (Lipinski definition) is 1. The van der Waals surface area contributed by atoms with E-state index in [1.807, 2.05) is 42.5 Å². The molecule has 0 bridgehead atoms. The lowest BCUT2D eigenvalue weighted by Crippen LogP contribution is -2.30. The Morgan fingerprint density at radius 3 is 2.69 bits per heavy atom. The quantitative estimate of drug-likeness (QED) is 0.334. The van der Waals surface area contributed by atoms with Crippen molar-refractivity contribution < 1.29 is 19.1 Å². The highest BCUT2D eigenvalue weighted by atomic mass is 79.9. The summed E-state index contributed by atoms with van der Waals surface area (Å²) in [5.74, 6) is -1.73. The highest BCUT2D eigenvalue weighted by molar-refractivity contribution is 9.10. The number of halogens is 1. The van der Waals surface area contributed by atoms with Crippen molar-refractivity contribution in [2.75, 3.05) is 4.90 Å². The Bertz CT molecular complexity index is 1370. The van der Waals surface area contributed by atoms with Crippen LogP contribution >= 0.6 is 27.3 Å². The standard InChI is InChI=1S/C24H17BrN2O4S/c1-2-13-5-10-16-18(12-13)32-24(26-16)27-20(14-6-8-15(25)9-7-14)19(22(29)23(27)30)21(28)17-4-3-11-31-17/h3-12,20,29H,2H2,1H3/t20-/m0/s1. The molecule has 0 saturated heterocycles. The number of ketones is 1. The molecule has 1 aliphatic heterocycles. The van der Waals surface area contributed by atoms with Crippen molar-refractivity contribution in [1.82, 2.24) is 4.98 Å². The van der Waals surface area contributed by atoms with Crippen molar-refractivity contribution in [2.45, 2.75) is 19.4 Å². The molecular formula is C24H17BrN2O4S. The van der Waals surface area contributed by atoms with Crippen molar-refractivity contribution in [2.24, 2.45) is 0 Å². The number of carbonyl (C=O) groups excluding carboxylic acids is 2. The fourth-order valence-electron chi connectivity index (χ4n) is 3.82. The molecule has 0 spiro atoms. The van der Waals surface area contributed by atoms with Crippen LogP contribution < -0.4 is 4.90 Å². The number of aromatic nitrogens is 1. The minimum atomic E-state index is -0.834. The van der Waals surface area contributed by atoms with Gasteiger partial charge in [-0.2, -0.15) is 0 Å². The van der Waals surface area contributed by atoms with E-state index in [0.29, 0.717) is 10.7 Å². The normalized spacial score (nSPS) is 16.4. The van der Waals surface area contributed by atoms with Crippen molar-refractivity contribution in [3.05, 3.63) is 93.6 Å². The summed E-state index contributed by atoms with van der Waals surface area (Å²) < 4.78 is 7.06. The topological polar surface area (TPSA) is 83.6 Å². The van der Waals surface area contributed by atoms with Crippen LogP contribution in [0.3, 0.4) is 0 Å². The van der Waals surface area contributed by atoms with E-state index in [2.05, 4.69) is 27.8 Å². The number of rotatable bonds is 5. The Hall–Kier alpha value is -3.23. The molecule has 160 valence electrons. The maximum absolute atomic E-state index is 13.2. The number of Topliss-reactive ketones (excluding diaryl/α,β-unsaturated/α-hetero) is 1. The molecule has 3 heterocycles. The van der Waals surface area contributed by atoms with Gasteiger partial charge in [0.05, 0.1) is 28.1 Å². The number of nitrogens with zero attached hydrogens (tertiary/aromatic N) is 2. The third-order valence-corrected chi connectivity index (χ3v) is 6.99. The predicted octanol–water partition coefficient (Wildman–Crippen LogP) is 6.00. The Balaban J connectivity index is 1.67. The number of anilines is 1. The lowest BCUT2D eigenvalue weighted by molar-refractivity contribution is -0.117. The molecule has 0 unspecified atom stereocenters. The van der Waals surface area contributed by atoms with Gasteiger partial charge in [0.25, 0.3) is 5.91 Å². The Morgan fingerprint density at radius 1 is 1.22 bits per heavy atom. The third kappa shape index (κ3) is 3.36. The zero-order valence-electron chi connectivity index (χ0n) is 16.9. The van der Waals surface area contributed by atoms with Gasteiger partial charge in [-0.25, -0.2) is 4.98 Å². The molecule has 2 aromatic heterocycles. The van der Waals surface area contributed by atoms with Gasteiger partial charge in [-0.1, -0.05) is 52.4 Å². The molecule has 32 heavy (non-hydrogen) atoms. The lowest BCUT2D eigenvalue weighted by Gasteiger charge is -2.24. The minimum absolute atomic E-state index is 0.0271. The van der Waals surface area contributed by atoms with E-state index < -0.39 is 23.5 Å². The molecule has 6 nitrogen and oxygen atoms in total. The first-order chi connectivity index (χ1) is 15.5. The minimum Gasteiger partial charge on any atom is -0.503 e. The molecule has 5 rings (SSSR count). The average Bonchev–Trinajstić information content (AvgIpc) is 3.52. The third-order valence-electron chi connectivity index (χ3n) is 5.44. The fraction of sp³-hybridized carbons (Fsp3) is 0.125. The molecule has 1 N–H and O–H groups in total. The number of benzene rings is 2. The van der Waals surface area contributed by atoms with Crippen LogP contribution in [-0.4, -0.2) is 21.8 Å². The van der Waals surface area contributed by atoms with Crippen molar-refractivity contribution in [3.63, 3.8) is 0 Å². The molecule has 4 aromatic rings. The molecule has 2 aromatic carbocycles. The van der Waals surface area contributed by atoms with Gasteiger partial charge in [0.15, 0.2) is 16.7 Å². The number of furan rings is 1. The van der Waals surface area contributed by atoms with Gasteiger partial charge in [0.2, 0.25) is 5.78 Å². The van der Waals surface area contributed by atoms with Crippen LogP contribution in [0.15, 0.2) is 81.1 Å². The molecule has 0 radical (unpaired) electrons. The Labute approximate surface area is 195 Å². The zero-order chi connectivity index (χ0) is 22.4. The smallest absolute Gasteiger partial charge is 0.296 e. The zero-order valence-corrected chi connectivity index (χ0v) is 19.3. The monoisotopic (exact) mass is 508 g/mol. The van der Waals surface area contributed by atoms with Crippen LogP contribution in [0.2, 0.25) is 0 Å². The first kappa shape index (κ1) is 20.7. The molecular weight excluding hydrogens is 492 g/mol. The summed E-state index contributed by atoms with van der Waals surface area (Å²) in [4.78, 5) is 32.5. The van der Waals surface area contributed by atoms with Gasteiger partial charge in [0, 0.05) is 4.47 Å². The first-order valence-corrected chi connectivity index (χ1v) is 11.6. The van der Waals surface area contributed by atoms with Crippen LogP contribution in [-0.2, 0) is 11.2 Å². The maximum Gasteiger partial charge on any atom is 0.296 e. The van der Waals surface area contributed by atoms with Gasteiger partial charge >= 0.3 is 0 Å². The van der Waals surface area contributed by atoms with Crippen LogP contribution in [0, 0.1) is 0 Å². The number of aryl methyl sites for hydroxylation is 1. The maximum atomic E-state index is 13.2. The van der Waals surface area contributed by atoms with E-state index in [4.69, 9.17) is 4.42 Å². The van der Waals surface area contributed by atoms with Gasteiger partial charge < -0.3 is 9.52 Å². The molecule has 0 saturated carbocycles. The van der Waals surface area contributed by atoms with Crippen LogP contribution in [0.5, 0.6) is 0 Å². The van der Waals surface area contributed by atoms with Gasteiger partial charge in [-0.05, 0) is 53.9 Å². The number of hydrogen-bond acceptors (Lipinski definition) is 6. The number of fused-ring (bicyclic) bond motifs is 1. The molecule has 0 fully saturated rings. The van der Waals surface area contributed by atoms with Gasteiger partial charge in [-0.3, -0.25) is 14.5 Å². The summed E-state index contributed by atoms with van der Waals surface area (Å²) in [6, 6.07) is 15.5. The van der Waals surface area contributed by atoms with Crippen LogP contribution in [0.25, 0.3) is 10.2 Å².